The zero-order valence-corrected chi connectivity index (χ0v) is 16.9. The van der Waals surface area contributed by atoms with Crippen LogP contribution in [0.2, 0.25) is 0 Å². The van der Waals surface area contributed by atoms with E-state index in [2.05, 4.69) is 60.6 Å². The van der Waals surface area contributed by atoms with Crippen molar-refractivity contribution in [2.75, 3.05) is 0 Å². The molecule has 0 unspecified atom stereocenters. The van der Waals surface area contributed by atoms with Crippen LogP contribution in [0.25, 0.3) is 11.1 Å². The van der Waals surface area contributed by atoms with E-state index in [1.54, 1.807) is 0 Å². The van der Waals surface area contributed by atoms with Gasteiger partial charge in [0.25, 0.3) is 0 Å². The van der Waals surface area contributed by atoms with Crippen LogP contribution in [0.5, 0.6) is 5.75 Å². The molecular weight excluding hydrogens is 358 g/mol. The molecule has 3 nitrogen and oxygen atoms in total. The summed E-state index contributed by atoms with van der Waals surface area (Å²) in [5.74, 6) is 1.22. The van der Waals surface area contributed by atoms with E-state index >= 15 is 0 Å². The van der Waals surface area contributed by atoms with Gasteiger partial charge < -0.3 is 4.74 Å². The van der Waals surface area contributed by atoms with Gasteiger partial charge in [0.05, 0.1) is 0 Å². The van der Waals surface area contributed by atoms with Crippen molar-refractivity contribution in [1.82, 2.24) is 0 Å². The van der Waals surface area contributed by atoms with E-state index in [0.29, 0.717) is 12.5 Å². The number of hydrogen-bond acceptors (Lipinski definition) is 3. The summed E-state index contributed by atoms with van der Waals surface area (Å²) >= 11 is 0. The molecule has 0 heterocycles. The maximum Gasteiger partial charge on any atom is 0.120 e. The number of hydrogen-bond donors (Lipinski definition) is 0. The van der Waals surface area contributed by atoms with Crippen LogP contribution in [0.1, 0.15) is 48.9 Å². The largest absolute Gasteiger partial charge is 0.489 e. The molecule has 0 saturated heterocycles. The Hall–Kier alpha value is -2.94. The molecule has 0 aromatic heterocycles. The third kappa shape index (κ3) is 4.24. The predicted octanol–water partition coefficient (Wildman–Crippen LogP) is 7.10. The lowest BCUT2D eigenvalue weighted by molar-refractivity contribution is 0.304. The Morgan fingerprint density at radius 2 is 1.79 bits per heavy atom. The summed E-state index contributed by atoms with van der Waals surface area (Å²) in [4.78, 5) is 11.5. The maximum atomic E-state index is 11.5. The number of nitroso groups, excluding NO2 is 1. The Morgan fingerprint density at radius 3 is 2.59 bits per heavy atom. The van der Waals surface area contributed by atoms with Gasteiger partial charge in [-0.05, 0) is 65.1 Å². The molecule has 0 N–H and O–H groups in total. The molecule has 0 fully saturated rings. The Balaban J connectivity index is 1.52. The van der Waals surface area contributed by atoms with Crippen molar-refractivity contribution in [3.8, 4) is 16.9 Å². The molecule has 29 heavy (non-hydrogen) atoms. The van der Waals surface area contributed by atoms with Gasteiger partial charge >= 0.3 is 0 Å². The first-order valence-electron chi connectivity index (χ1n) is 10.5. The van der Waals surface area contributed by atoms with Crippen molar-refractivity contribution in [2.45, 2.75) is 45.3 Å². The second-order valence-corrected chi connectivity index (χ2v) is 7.81. The van der Waals surface area contributed by atoms with E-state index in [1.807, 2.05) is 24.3 Å². The van der Waals surface area contributed by atoms with Crippen molar-refractivity contribution in [2.24, 2.45) is 11.1 Å². The first-order valence-corrected chi connectivity index (χ1v) is 10.5. The molecule has 2 atom stereocenters. The lowest BCUT2D eigenvalue weighted by Gasteiger charge is -2.29. The van der Waals surface area contributed by atoms with E-state index in [0.717, 1.165) is 42.6 Å². The van der Waals surface area contributed by atoms with Crippen LogP contribution in [0.15, 0.2) is 78.0 Å². The zero-order valence-electron chi connectivity index (χ0n) is 16.9. The van der Waals surface area contributed by atoms with Gasteiger partial charge in [0, 0.05) is 0 Å². The molecule has 3 aromatic rings. The third-order valence-corrected chi connectivity index (χ3v) is 5.93. The van der Waals surface area contributed by atoms with Crippen molar-refractivity contribution < 1.29 is 4.74 Å². The normalized spacial score (nSPS) is 18.1. The first-order chi connectivity index (χ1) is 14.3. The standard InChI is InChI=1S/C26H27NO2/c1-2-8-20-13-14-21-17-23(15-16-25(21)26(20)27-28)29-18-22-11-6-7-12-24(22)19-9-4-3-5-10-19/h3-7,9-12,15-17,20,26H,2,8,13-14,18H2,1H3/t20-,26+/m0/s1. The Labute approximate surface area is 172 Å². The second-order valence-electron chi connectivity index (χ2n) is 7.81. The lowest BCUT2D eigenvalue weighted by atomic mass is 9.78. The zero-order chi connectivity index (χ0) is 20.1. The van der Waals surface area contributed by atoms with Gasteiger partial charge in [0.1, 0.15) is 18.4 Å². The SMILES string of the molecule is CCC[C@H]1CCc2cc(OCc3ccccc3-c3ccccc3)ccc2[C@@H]1N=O. The summed E-state index contributed by atoms with van der Waals surface area (Å²) < 4.78 is 6.15. The van der Waals surface area contributed by atoms with Gasteiger partial charge in [0.2, 0.25) is 0 Å². The molecule has 0 aliphatic heterocycles. The lowest BCUT2D eigenvalue weighted by Crippen LogP contribution is -2.19. The molecule has 0 spiro atoms. The first kappa shape index (κ1) is 19.4. The van der Waals surface area contributed by atoms with Gasteiger partial charge in [0.15, 0.2) is 0 Å². The number of benzene rings is 3. The molecule has 148 valence electrons. The van der Waals surface area contributed by atoms with Crippen LogP contribution < -0.4 is 4.74 Å². The van der Waals surface area contributed by atoms with Crippen LogP contribution in [-0.2, 0) is 13.0 Å². The highest BCUT2D eigenvalue weighted by Gasteiger charge is 2.30. The quantitative estimate of drug-likeness (QED) is 0.407. The van der Waals surface area contributed by atoms with Crippen LogP contribution in [0.3, 0.4) is 0 Å². The molecule has 3 aromatic carbocycles. The maximum absolute atomic E-state index is 11.5. The summed E-state index contributed by atoms with van der Waals surface area (Å²) in [6.45, 7) is 2.68. The Morgan fingerprint density at radius 1 is 1.00 bits per heavy atom. The van der Waals surface area contributed by atoms with Crippen LogP contribution in [0, 0.1) is 10.8 Å². The Bertz CT molecular complexity index is 967. The average Bonchev–Trinajstić information content (AvgIpc) is 2.78. The molecule has 0 amide bonds. The van der Waals surface area contributed by atoms with Gasteiger partial charge in [-0.1, -0.05) is 79.2 Å². The highest BCUT2D eigenvalue weighted by Crippen LogP contribution is 2.40. The molecule has 4 rings (SSSR count). The molecule has 3 heteroatoms. The minimum Gasteiger partial charge on any atom is -0.489 e. The monoisotopic (exact) mass is 385 g/mol. The van der Waals surface area contributed by atoms with E-state index in [-0.39, 0.29) is 6.04 Å². The van der Waals surface area contributed by atoms with Crippen LogP contribution >= 0.6 is 0 Å². The number of fused-ring (bicyclic) bond motifs is 1. The summed E-state index contributed by atoms with van der Waals surface area (Å²) in [7, 11) is 0. The van der Waals surface area contributed by atoms with E-state index < -0.39 is 0 Å². The Kier molecular flexibility index (Phi) is 6.04. The average molecular weight is 386 g/mol. The molecule has 0 bridgehead atoms. The van der Waals surface area contributed by atoms with Gasteiger partial charge in [-0.25, -0.2) is 0 Å². The summed E-state index contributed by atoms with van der Waals surface area (Å²) in [6, 6.07) is 24.6. The van der Waals surface area contributed by atoms with Crippen LogP contribution in [0.4, 0.5) is 0 Å². The summed E-state index contributed by atoms with van der Waals surface area (Å²) in [6.07, 6.45) is 4.17. The number of rotatable bonds is 7. The fourth-order valence-electron chi connectivity index (χ4n) is 4.45. The molecular formula is C26H27NO2. The minimum absolute atomic E-state index is 0.216. The van der Waals surface area contributed by atoms with E-state index in [4.69, 9.17) is 4.74 Å². The predicted molar refractivity (Wildman–Crippen MR) is 118 cm³/mol. The molecule has 0 radical (unpaired) electrons. The molecule has 1 aliphatic rings. The van der Waals surface area contributed by atoms with E-state index in [1.165, 1.54) is 16.7 Å². The van der Waals surface area contributed by atoms with E-state index in [9.17, 15) is 4.91 Å². The highest BCUT2D eigenvalue weighted by atomic mass is 16.5. The molecule has 1 aliphatic carbocycles. The van der Waals surface area contributed by atoms with Crippen LogP contribution in [-0.4, -0.2) is 0 Å². The van der Waals surface area contributed by atoms with Gasteiger partial charge in [-0.2, -0.15) is 4.91 Å². The van der Waals surface area contributed by atoms with Crippen molar-refractivity contribution >= 4 is 0 Å². The second kappa shape index (κ2) is 9.04. The number of nitrogens with zero attached hydrogens (tertiary/aromatic N) is 1. The smallest absolute Gasteiger partial charge is 0.120 e. The fraction of sp³-hybridized carbons (Fsp3) is 0.308. The van der Waals surface area contributed by atoms with Crippen molar-refractivity contribution in [3.63, 3.8) is 0 Å². The van der Waals surface area contributed by atoms with Gasteiger partial charge in [-0.3, -0.25) is 0 Å². The third-order valence-electron chi connectivity index (χ3n) is 5.93. The topological polar surface area (TPSA) is 38.7 Å². The fourth-order valence-corrected chi connectivity index (χ4v) is 4.45. The minimum atomic E-state index is -0.216. The number of ether oxygens (including phenoxy) is 1. The number of aryl methyl sites for hydroxylation is 1. The van der Waals surface area contributed by atoms with Crippen molar-refractivity contribution in [3.05, 3.63) is 94.4 Å². The summed E-state index contributed by atoms with van der Waals surface area (Å²) in [5, 5.41) is 3.47. The molecule has 0 saturated carbocycles. The highest BCUT2D eigenvalue weighted by molar-refractivity contribution is 5.67. The van der Waals surface area contributed by atoms with Crippen molar-refractivity contribution in [1.29, 1.82) is 0 Å². The van der Waals surface area contributed by atoms with Gasteiger partial charge in [-0.15, -0.1) is 0 Å². The summed E-state index contributed by atoms with van der Waals surface area (Å²) in [5.41, 5.74) is 5.84.